The summed E-state index contributed by atoms with van der Waals surface area (Å²) in [5, 5.41) is 0. The highest BCUT2D eigenvalue weighted by molar-refractivity contribution is 5.83. The minimum Gasteiger partial charge on any atom is -0.345 e. The van der Waals surface area contributed by atoms with Crippen LogP contribution in [0.4, 0.5) is 13.2 Å². The van der Waals surface area contributed by atoms with Gasteiger partial charge in [-0.05, 0) is 12.3 Å². The lowest BCUT2D eigenvalue weighted by molar-refractivity contribution is -0.148. The summed E-state index contributed by atoms with van der Waals surface area (Å²) in [7, 11) is 1.71. The Bertz CT molecular complexity index is 384. The van der Waals surface area contributed by atoms with E-state index in [0.717, 1.165) is 6.42 Å². The number of hydrogen-bond acceptors (Lipinski definition) is 2. The Morgan fingerprint density at radius 2 is 2.05 bits per heavy atom. The molecule has 2 fully saturated rings. The minimum absolute atomic E-state index is 0.00220. The predicted octanol–water partition coefficient (Wildman–Crippen LogP) is 1.27. The average Bonchev–Trinajstić information content (AvgIpc) is 2.75. The fourth-order valence-electron chi connectivity index (χ4n) is 2.81. The molecule has 2 aliphatic heterocycles. The van der Waals surface area contributed by atoms with Gasteiger partial charge in [-0.3, -0.25) is 9.59 Å². The van der Waals surface area contributed by atoms with E-state index in [9.17, 15) is 22.8 Å². The number of nitrogens with zero attached hydrogens (tertiary/aromatic N) is 2. The Morgan fingerprint density at radius 3 is 2.68 bits per heavy atom. The summed E-state index contributed by atoms with van der Waals surface area (Å²) in [6, 6.07) is 0. The van der Waals surface area contributed by atoms with Gasteiger partial charge < -0.3 is 9.80 Å². The summed E-state index contributed by atoms with van der Waals surface area (Å²) in [5.74, 6) is -0.614. The normalized spacial score (nSPS) is 27.7. The lowest BCUT2D eigenvalue weighted by Gasteiger charge is -2.30. The number of likely N-dealkylation sites (tertiary alicyclic amines) is 2. The molecule has 0 saturated carbocycles. The van der Waals surface area contributed by atoms with E-state index in [1.54, 1.807) is 11.9 Å². The Labute approximate surface area is 109 Å². The van der Waals surface area contributed by atoms with Crippen molar-refractivity contribution < 1.29 is 22.8 Å². The molecular formula is C12H17F3N2O2. The highest BCUT2D eigenvalue weighted by atomic mass is 19.4. The minimum atomic E-state index is -4.31. The van der Waals surface area contributed by atoms with Gasteiger partial charge in [-0.15, -0.1) is 0 Å². The SMILES string of the molecule is CN1CC[C@@H]2CN(C(=O)CCC(F)(F)F)C[C@@H]2C1=O. The number of carbonyl (C=O) groups excluding carboxylic acids is 2. The first-order valence-corrected chi connectivity index (χ1v) is 6.37. The molecule has 0 N–H and O–H groups in total. The van der Waals surface area contributed by atoms with E-state index in [1.165, 1.54) is 4.90 Å². The Hall–Kier alpha value is -1.27. The summed E-state index contributed by atoms with van der Waals surface area (Å²) in [5.41, 5.74) is 0. The van der Waals surface area contributed by atoms with E-state index in [0.29, 0.717) is 13.1 Å². The summed E-state index contributed by atoms with van der Waals surface area (Å²) in [6.07, 6.45) is -5.10. The molecule has 0 aromatic carbocycles. The van der Waals surface area contributed by atoms with Crippen molar-refractivity contribution in [2.45, 2.75) is 25.4 Å². The van der Waals surface area contributed by atoms with E-state index in [-0.39, 0.29) is 24.3 Å². The van der Waals surface area contributed by atoms with Gasteiger partial charge in [-0.25, -0.2) is 0 Å². The Balaban J connectivity index is 1.91. The summed E-state index contributed by atoms with van der Waals surface area (Å²) in [4.78, 5) is 26.7. The molecule has 2 amide bonds. The van der Waals surface area contributed by atoms with Gasteiger partial charge in [0.2, 0.25) is 11.8 Å². The van der Waals surface area contributed by atoms with Crippen LogP contribution in [-0.4, -0.2) is 54.5 Å². The number of fused-ring (bicyclic) bond motifs is 1. The van der Waals surface area contributed by atoms with E-state index < -0.39 is 24.9 Å². The second-order valence-corrected chi connectivity index (χ2v) is 5.33. The zero-order valence-corrected chi connectivity index (χ0v) is 10.7. The van der Waals surface area contributed by atoms with Gasteiger partial charge in [0.1, 0.15) is 0 Å². The number of carbonyl (C=O) groups is 2. The maximum atomic E-state index is 12.1. The number of piperidine rings is 1. The standard InChI is InChI=1S/C12H17F3N2O2/c1-16-5-3-8-6-17(7-9(8)11(16)19)10(18)2-4-12(13,14)15/h8-9H,2-7H2,1H3/t8-,9+/m1/s1. The average molecular weight is 278 g/mol. The predicted molar refractivity (Wildman–Crippen MR) is 61.1 cm³/mol. The van der Waals surface area contributed by atoms with E-state index in [2.05, 4.69) is 0 Å². The third-order valence-corrected chi connectivity index (χ3v) is 3.94. The van der Waals surface area contributed by atoms with Crippen molar-refractivity contribution in [1.82, 2.24) is 9.80 Å². The quantitative estimate of drug-likeness (QED) is 0.763. The van der Waals surface area contributed by atoms with Crippen LogP contribution in [0, 0.1) is 11.8 Å². The third kappa shape index (κ3) is 3.19. The Morgan fingerprint density at radius 1 is 1.37 bits per heavy atom. The number of hydrogen-bond donors (Lipinski definition) is 0. The van der Waals surface area contributed by atoms with E-state index >= 15 is 0 Å². The van der Waals surface area contributed by atoms with Gasteiger partial charge in [0, 0.05) is 33.1 Å². The molecule has 0 aromatic rings. The highest BCUT2D eigenvalue weighted by Crippen LogP contribution is 2.32. The van der Waals surface area contributed by atoms with E-state index in [1.807, 2.05) is 0 Å². The first-order valence-electron chi connectivity index (χ1n) is 6.37. The molecule has 2 rings (SSSR count). The Kier molecular flexibility index (Phi) is 3.73. The topological polar surface area (TPSA) is 40.6 Å². The fourth-order valence-corrected chi connectivity index (χ4v) is 2.81. The van der Waals surface area contributed by atoms with Crippen molar-refractivity contribution in [1.29, 1.82) is 0 Å². The molecule has 4 nitrogen and oxygen atoms in total. The van der Waals surface area contributed by atoms with Crippen LogP contribution < -0.4 is 0 Å². The molecule has 2 atom stereocenters. The van der Waals surface area contributed by atoms with Gasteiger partial charge in [-0.1, -0.05) is 0 Å². The molecule has 0 aliphatic carbocycles. The molecule has 2 aliphatic rings. The number of amides is 2. The van der Waals surface area contributed by atoms with Gasteiger partial charge >= 0.3 is 6.18 Å². The first-order chi connectivity index (χ1) is 8.78. The second-order valence-electron chi connectivity index (χ2n) is 5.33. The summed E-state index contributed by atoms with van der Waals surface area (Å²) < 4.78 is 36.2. The maximum Gasteiger partial charge on any atom is 0.389 e. The maximum absolute atomic E-state index is 12.1. The number of halogens is 3. The van der Waals surface area contributed by atoms with E-state index in [4.69, 9.17) is 0 Å². The zero-order chi connectivity index (χ0) is 14.2. The van der Waals surface area contributed by atoms with Crippen LogP contribution in [0.25, 0.3) is 0 Å². The summed E-state index contributed by atoms with van der Waals surface area (Å²) in [6.45, 7) is 1.34. The van der Waals surface area contributed by atoms with Crippen LogP contribution in [0.1, 0.15) is 19.3 Å². The molecule has 0 spiro atoms. The van der Waals surface area contributed by atoms with Crippen LogP contribution in [0.2, 0.25) is 0 Å². The van der Waals surface area contributed by atoms with Gasteiger partial charge in [0.05, 0.1) is 12.3 Å². The van der Waals surface area contributed by atoms with Crippen molar-refractivity contribution in [3.63, 3.8) is 0 Å². The molecule has 0 bridgehead atoms. The first kappa shape index (κ1) is 14.1. The van der Waals surface area contributed by atoms with Crippen molar-refractivity contribution in [2.24, 2.45) is 11.8 Å². The molecule has 2 heterocycles. The molecule has 2 saturated heterocycles. The molecule has 19 heavy (non-hydrogen) atoms. The lowest BCUT2D eigenvalue weighted by Crippen LogP contribution is -2.42. The zero-order valence-electron chi connectivity index (χ0n) is 10.7. The molecular weight excluding hydrogens is 261 g/mol. The molecule has 0 aromatic heterocycles. The van der Waals surface area contributed by atoms with Crippen molar-refractivity contribution in [2.75, 3.05) is 26.7 Å². The van der Waals surface area contributed by atoms with Gasteiger partial charge in [0.25, 0.3) is 0 Å². The van der Waals surface area contributed by atoms with Crippen LogP contribution >= 0.6 is 0 Å². The number of alkyl halides is 3. The monoisotopic (exact) mass is 278 g/mol. The van der Waals surface area contributed by atoms with Crippen molar-refractivity contribution in [3.05, 3.63) is 0 Å². The second kappa shape index (κ2) is 5.02. The highest BCUT2D eigenvalue weighted by Gasteiger charge is 2.43. The molecule has 0 unspecified atom stereocenters. The number of rotatable bonds is 2. The van der Waals surface area contributed by atoms with Crippen LogP contribution in [-0.2, 0) is 9.59 Å². The summed E-state index contributed by atoms with van der Waals surface area (Å²) >= 11 is 0. The van der Waals surface area contributed by atoms with Crippen LogP contribution in [0.3, 0.4) is 0 Å². The molecule has 7 heteroatoms. The van der Waals surface area contributed by atoms with Gasteiger partial charge in [0.15, 0.2) is 0 Å². The largest absolute Gasteiger partial charge is 0.389 e. The van der Waals surface area contributed by atoms with Gasteiger partial charge in [-0.2, -0.15) is 13.2 Å². The smallest absolute Gasteiger partial charge is 0.345 e. The lowest BCUT2D eigenvalue weighted by atomic mass is 9.88. The fraction of sp³-hybridized carbons (Fsp3) is 0.833. The van der Waals surface area contributed by atoms with Crippen molar-refractivity contribution >= 4 is 11.8 Å². The molecule has 108 valence electrons. The van der Waals surface area contributed by atoms with Crippen LogP contribution in [0.5, 0.6) is 0 Å². The van der Waals surface area contributed by atoms with Crippen LogP contribution in [0.15, 0.2) is 0 Å². The van der Waals surface area contributed by atoms with Crippen molar-refractivity contribution in [3.8, 4) is 0 Å². The molecule has 0 radical (unpaired) electrons. The third-order valence-electron chi connectivity index (χ3n) is 3.94.